The molecule has 4 rings (SSSR count). The fourth-order valence-electron chi connectivity index (χ4n) is 4.27. The molecule has 0 bridgehead atoms. The first-order chi connectivity index (χ1) is 15.2. The van der Waals surface area contributed by atoms with Gasteiger partial charge < -0.3 is 20.1 Å². The molecule has 0 aromatic heterocycles. The van der Waals surface area contributed by atoms with Crippen LogP contribution in [0.1, 0.15) is 28.3 Å². The van der Waals surface area contributed by atoms with E-state index in [0.29, 0.717) is 6.04 Å². The second-order valence-electron chi connectivity index (χ2n) is 8.25. The Morgan fingerprint density at radius 3 is 2.65 bits per heavy atom. The zero-order valence-corrected chi connectivity index (χ0v) is 18.7. The van der Waals surface area contributed by atoms with Gasteiger partial charge in [-0.3, -0.25) is 9.89 Å². The lowest BCUT2D eigenvalue weighted by Crippen LogP contribution is -2.46. The van der Waals surface area contributed by atoms with Crippen molar-refractivity contribution in [1.82, 2.24) is 15.5 Å². The van der Waals surface area contributed by atoms with Gasteiger partial charge in [0.15, 0.2) is 5.96 Å². The van der Waals surface area contributed by atoms with Gasteiger partial charge in [0.2, 0.25) is 0 Å². The van der Waals surface area contributed by atoms with Crippen molar-refractivity contribution in [2.24, 2.45) is 4.99 Å². The number of aryl methyl sites for hydroxylation is 1. The van der Waals surface area contributed by atoms with Gasteiger partial charge in [0.25, 0.3) is 0 Å². The molecule has 166 valence electrons. The zero-order valence-electron chi connectivity index (χ0n) is 18.7. The van der Waals surface area contributed by atoms with Crippen molar-refractivity contribution < 1.29 is 9.47 Å². The fraction of sp³-hybridized carbons (Fsp3) is 0.480. The third-order valence-corrected chi connectivity index (χ3v) is 6.10. The highest BCUT2D eigenvalue weighted by atomic mass is 16.5. The van der Waals surface area contributed by atoms with Crippen LogP contribution >= 0.6 is 0 Å². The van der Waals surface area contributed by atoms with Gasteiger partial charge in [-0.25, -0.2) is 0 Å². The van der Waals surface area contributed by atoms with E-state index in [2.05, 4.69) is 69.9 Å². The second-order valence-corrected chi connectivity index (χ2v) is 8.25. The molecule has 0 radical (unpaired) electrons. The first kappa shape index (κ1) is 21.7. The van der Waals surface area contributed by atoms with Gasteiger partial charge in [-0.1, -0.05) is 42.0 Å². The van der Waals surface area contributed by atoms with Gasteiger partial charge in [-0.05, 0) is 36.1 Å². The molecule has 1 saturated heterocycles. The van der Waals surface area contributed by atoms with Crippen LogP contribution in [0.2, 0.25) is 0 Å². The Balaban J connectivity index is 1.32. The number of fused-ring (bicyclic) bond motifs is 1. The van der Waals surface area contributed by atoms with Gasteiger partial charge in [0.1, 0.15) is 5.75 Å². The number of benzene rings is 2. The molecule has 2 heterocycles. The number of nitrogens with one attached hydrogen (secondary N) is 2. The molecule has 6 heteroatoms. The predicted molar refractivity (Wildman–Crippen MR) is 125 cm³/mol. The van der Waals surface area contributed by atoms with Gasteiger partial charge in [0, 0.05) is 39.6 Å². The summed E-state index contributed by atoms with van der Waals surface area (Å²) in [5, 5.41) is 7.01. The topological polar surface area (TPSA) is 58.1 Å². The summed E-state index contributed by atoms with van der Waals surface area (Å²) < 4.78 is 11.2. The summed E-state index contributed by atoms with van der Waals surface area (Å²) in [5.74, 6) is 1.88. The molecule has 2 aromatic rings. The van der Waals surface area contributed by atoms with Gasteiger partial charge in [-0.2, -0.15) is 0 Å². The molecule has 2 aliphatic heterocycles. The standard InChI is InChI=1S/C25H34N4O2/c1-19-3-6-21(7-4-19)23(29-12-15-30-16-13-29)18-28-25(26-2)27-11-9-20-5-8-24-22(17-20)10-14-31-24/h3-8,17,23H,9-16,18H2,1-2H3,(H2,26,27,28). The summed E-state index contributed by atoms with van der Waals surface area (Å²) in [4.78, 5) is 6.93. The largest absolute Gasteiger partial charge is 0.493 e. The molecule has 1 unspecified atom stereocenters. The molecule has 1 atom stereocenters. The van der Waals surface area contributed by atoms with Crippen molar-refractivity contribution in [3.63, 3.8) is 0 Å². The maximum atomic E-state index is 5.60. The van der Waals surface area contributed by atoms with E-state index in [1.807, 2.05) is 7.05 Å². The molecule has 2 aliphatic rings. The molecule has 2 N–H and O–H groups in total. The van der Waals surface area contributed by atoms with Crippen LogP contribution in [-0.2, 0) is 17.6 Å². The molecule has 1 fully saturated rings. The monoisotopic (exact) mass is 422 g/mol. The number of hydrogen-bond acceptors (Lipinski definition) is 4. The van der Waals surface area contributed by atoms with Gasteiger partial charge >= 0.3 is 0 Å². The van der Waals surface area contributed by atoms with Crippen LogP contribution in [0.5, 0.6) is 5.75 Å². The molecular weight excluding hydrogens is 388 g/mol. The first-order valence-corrected chi connectivity index (χ1v) is 11.3. The van der Waals surface area contributed by atoms with E-state index in [0.717, 1.165) is 70.6 Å². The van der Waals surface area contributed by atoms with Gasteiger partial charge in [-0.15, -0.1) is 0 Å². The Hall–Kier alpha value is -2.57. The Kier molecular flexibility index (Phi) is 7.43. The van der Waals surface area contributed by atoms with E-state index in [1.54, 1.807) is 0 Å². The van der Waals surface area contributed by atoms with Crippen molar-refractivity contribution in [3.05, 3.63) is 64.7 Å². The number of nitrogens with zero attached hydrogens (tertiary/aromatic N) is 2. The minimum Gasteiger partial charge on any atom is -0.493 e. The Labute approximate surface area is 185 Å². The van der Waals surface area contributed by atoms with Crippen LogP contribution in [0, 0.1) is 6.92 Å². The quantitative estimate of drug-likeness (QED) is 0.531. The highest BCUT2D eigenvalue weighted by Crippen LogP contribution is 2.26. The van der Waals surface area contributed by atoms with E-state index >= 15 is 0 Å². The smallest absolute Gasteiger partial charge is 0.191 e. The maximum Gasteiger partial charge on any atom is 0.191 e. The molecule has 0 amide bonds. The number of ether oxygens (including phenoxy) is 2. The number of aliphatic imine (C=N–C) groups is 1. The fourth-order valence-corrected chi connectivity index (χ4v) is 4.27. The van der Waals surface area contributed by atoms with Crippen molar-refractivity contribution >= 4 is 5.96 Å². The lowest BCUT2D eigenvalue weighted by molar-refractivity contribution is 0.0170. The van der Waals surface area contributed by atoms with E-state index in [-0.39, 0.29) is 0 Å². The first-order valence-electron chi connectivity index (χ1n) is 11.3. The van der Waals surface area contributed by atoms with Crippen LogP contribution in [0.15, 0.2) is 47.5 Å². The SMILES string of the molecule is CN=C(NCCc1ccc2c(c1)CCO2)NCC(c1ccc(C)cc1)N1CCOCC1. The highest BCUT2D eigenvalue weighted by Gasteiger charge is 2.23. The average molecular weight is 423 g/mol. The third-order valence-electron chi connectivity index (χ3n) is 6.10. The zero-order chi connectivity index (χ0) is 21.5. The Morgan fingerprint density at radius 1 is 1.06 bits per heavy atom. The highest BCUT2D eigenvalue weighted by molar-refractivity contribution is 5.79. The van der Waals surface area contributed by atoms with E-state index in [9.17, 15) is 0 Å². The summed E-state index contributed by atoms with van der Waals surface area (Å²) in [6.07, 6.45) is 1.97. The van der Waals surface area contributed by atoms with E-state index in [1.165, 1.54) is 22.3 Å². The molecule has 6 nitrogen and oxygen atoms in total. The van der Waals surface area contributed by atoms with Gasteiger partial charge in [0.05, 0.1) is 25.9 Å². The summed E-state index contributed by atoms with van der Waals surface area (Å²) in [6, 6.07) is 15.7. The number of morpholine rings is 1. The Morgan fingerprint density at radius 2 is 1.87 bits per heavy atom. The van der Waals surface area contributed by atoms with Crippen molar-refractivity contribution in [2.45, 2.75) is 25.8 Å². The summed E-state index contributed by atoms with van der Waals surface area (Å²) >= 11 is 0. The lowest BCUT2D eigenvalue weighted by Gasteiger charge is -2.35. The normalized spacial score (nSPS) is 17.7. The molecule has 0 saturated carbocycles. The predicted octanol–water partition coefficient (Wildman–Crippen LogP) is 2.71. The van der Waals surface area contributed by atoms with E-state index in [4.69, 9.17) is 9.47 Å². The number of hydrogen-bond donors (Lipinski definition) is 2. The van der Waals surface area contributed by atoms with Crippen molar-refractivity contribution in [1.29, 1.82) is 0 Å². The number of guanidine groups is 1. The molecule has 0 aliphatic carbocycles. The maximum absolute atomic E-state index is 5.60. The van der Waals surface area contributed by atoms with Crippen LogP contribution in [-0.4, -0.2) is 63.9 Å². The molecular formula is C25H34N4O2. The van der Waals surface area contributed by atoms with Crippen molar-refractivity contribution in [2.75, 3.05) is 53.0 Å². The molecule has 31 heavy (non-hydrogen) atoms. The summed E-state index contributed by atoms with van der Waals surface area (Å²) in [7, 11) is 1.83. The van der Waals surface area contributed by atoms with Crippen LogP contribution in [0.25, 0.3) is 0 Å². The molecule has 0 spiro atoms. The van der Waals surface area contributed by atoms with Crippen LogP contribution in [0.3, 0.4) is 0 Å². The minimum absolute atomic E-state index is 0.291. The van der Waals surface area contributed by atoms with E-state index < -0.39 is 0 Å². The van der Waals surface area contributed by atoms with Crippen LogP contribution < -0.4 is 15.4 Å². The third kappa shape index (κ3) is 5.77. The Bertz CT molecular complexity index is 876. The summed E-state index contributed by atoms with van der Waals surface area (Å²) in [5.41, 5.74) is 5.27. The number of rotatable bonds is 7. The average Bonchev–Trinajstić information content (AvgIpc) is 3.28. The van der Waals surface area contributed by atoms with Crippen LogP contribution in [0.4, 0.5) is 0 Å². The van der Waals surface area contributed by atoms with Crippen molar-refractivity contribution in [3.8, 4) is 5.75 Å². The minimum atomic E-state index is 0.291. The lowest BCUT2D eigenvalue weighted by atomic mass is 10.0. The summed E-state index contributed by atoms with van der Waals surface area (Å²) in [6.45, 7) is 8.07. The second kappa shape index (κ2) is 10.6. The molecule has 2 aromatic carbocycles.